The first-order valence-electron chi connectivity index (χ1n) is 4.67. The summed E-state index contributed by atoms with van der Waals surface area (Å²) in [7, 11) is 0. The van der Waals surface area contributed by atoms with Gasteiger partial charge < -0.3 is 10.1 Å². The number of hydrogen-bond donors (Lipinski definition) is 1. The number of hydrogen-bond acceptors (Lipinski definition) is 3. The predicted octanol–water partition coefficient (Wildman–Crippen LogP) is 1.24. The van der Waals surface area contributed by atoms with Crippen molar-refractivity contribution < 1.29 is 14.3 Å². The van der Waals surface area contributed by atoms with Crippen LogP contribution in [0.25, 0.3) is 0 Å². The highest BCUT2D eigenvalue weighted by atomic mass is 16.5. The Morgan fingerprint density at radius 2 is 2.15 bits per heavy atom. The molecule has 13 heavy (non-hydrogen) atoms. The van der Waals surface area contributed by atoms with Crippen molar-refractivity contribution in [2.75, 3.05) is 6.61 Å². The number of nitrogens with one attached hydrogen (secondary N) is 1. The lowest BCUT2D eigenvalue weighted by atomic mass is 9.95. The molecule has 0 spiro atoms. The summed E-state index contributed by atoms with van der Waals surface area (Å²) in [6.07, 6.45) is 2.28. The van der Waals surface area contributed by atoms with Gasteiger partial charge >= 0.3 is 6.09 Å². The lowest BCUT2D eigenvalue weighted by molar-refractivity contribution is -0.120. The molecule has 74 valence electrons. The summed E-state index contributed by atoms with van der Waals surface area (Å²) in [6, 6.07) is 0.122. The summed E-state index contributed by atoms with van der Waals surface area (Å²) in [5.74, 6) is 0.293. The molecule has 0 bridgehead atoms. The highest BCUT2D eigenvalue weighted by Crippen LogP contribution is 2.14. The zero-order valence-electron chi connectivity index (χ0n) is 7.84. The van der Waals surface area contributed by atoms with Crippen molar-refractivity contribution in [1.82, 2.24) is 5.32 Å². The van der Waals surface area contributed by atoms with E-state index in [0.717, 1.165) is 12.8 Å². The lowest BCUT2D eigenvalue weighted by Gasteiger charge is -2.21. The molecule has 1 aliphatic rings. The Morgan fingerprint density at radius 1 is 1.54 bits per heavy atom. The van der Waals surface area contributed by atoms with E-state index in [9.17, 15) is 9.59 Å². The monoisotopic (exact) mass is 185 g/mol. The van der Waals surface area contributed by atoms with Crippen LogP contribution in [0.5, 0.6) is 0 Å². The van der Waals surface area contributed by atoms with Crippen LogP contribution in [0.3, 0.4) is 0 Å². The van der Waals surface area contributed by atoms with Crippen LogP contribution in [0.2, 0.25) is 0 Å². The van der Waals surface area contributed by atoms with Crippen molar-refractivity contribution >= 4 is 11.9 Å². The highest BCUT2D eigenvalue weighted by molar-refractivity contribution is 5.79. The van der Waals surface area contributed by atoms with E-state index in [1.807, 2.05) is 0 Å². The molecular formula is C9H15NO3. The number of alkyl carbamates (subject to hydrolysis) is 1. The Hall–Kier alpha value is -1.06. The van der Waals surface area contributed by atoms with Crippen molar-refractivity contribution in [3.63, 3.8) is 0 Å². The van der Waals surface area contributed by atoms with Crippen LogP contribution in [-0.2, 0) is 9.53 Å². The normalized spacial score (nSPS) is 18.4. The van der Waals surface area contributed by atoms with Gasteiger partial charge in [0.1, 0.15) is 5.78 Å². The third-order valence-electron chi connectivity index (χ3n) is 2.14. The van der Waals surface area contributed by atoms with Crippen LogP contribution in [0.15, 0.2) is 0 Å². The van der Waals surface area contributed by atoms with E-state index >= 15 is 0 Å². The number of ketones is 1. The Bertz CT molecular complexity index is 193. The van der Waals surface area contributed by atoms with Crippen LogP contribution in [0.1, 0.15) is 32.6 Å². The third kappa shape index (κ3) is 3.44. The average molecular weight is 185 g/mol. The van der Waals surface area contributed by atoms with Crippen LogP contribution < -0.4 is 5.32 Å². The van der Waals surface area contributed by atoms with Gasteiger partial charge in [-0.3, -0.25) is 4.79 Å². The molecule has 0 aromatic carbocycles. The quantitative estimate of drug-likeness (QED) is 0.704. The van der Waals surface area contributed by atoms with E-state index in [0.29, 0.717) is 25.2 Å². The van der Waals surface area contributed by atoms with Gasteiger partial charge in [0, 0.05) is 18.9 Å². The van der Waals surface area contributed by atoms with Gasteiger partial charge in [-0.05, 0) is 19.8 Å². The van der Waals surface area contributed by atoms with Gasteiger partial charge in [0.2, 0.25) is 0 Å². The Morgan fingerprint density at radius 3 is 2.69 bits per heavy atom. The molecule has 1 rings (SSSR count). The minimum absolute atomic E-state index is 0.122. The standard InChI is InChI=1S/C9H15NO3/c1-2-13-9(12)10-7-3-5-8(11)6-4-7/h7H,2-6H2,1H3,(H,10,12). The van der Waals surface area contributed by atoms with E-state index < -0.39 is 0 Å². The van der Waals surface area contributed by atoms with Gasteiger partial charge in [0.25, 0.3) is 0 Å². The number of Topliss-reactive ketones (excluding diaryl/α,β-unsaturated/α-hetero) is 1. The van der Waals surface area contributed by atoms with Gasteiger partial charge in [-0.1, -0.05) is 0 Å². The van der Waals surface area contributed by atoms with Gasteiger partial charge in [-0.25, -0.2) is 4.79 Å². The first-order chi connectivity index (χ1) is 6.22. The molecule has 0 aliphatic heterocycles. The summed E-state index contributed by atoms with van der Waals surface area (Å²) < 4.78 is 4.74. The van der Waals surface area contributed by atoms with E-state index in [1.165, 1.54) is 0 Å². The molecule has 0 unspecified atom stereocenters. The van der Waals surface area contributed by atoms with E-state index in [2.05, 4.69) is 5.32 Å². The largest absolute Gasteiger partial charge is 0.450 e. The summed E-state index contributed by atoms with van der Waals surface area (Å²) in [5.41, 5.74) is 0. The summed E-state index contributed by atoms with van der Waals surface area (Å²) in [4.78, 5) is 21.9. The maximum absolute atomic E-state index is 11.0. The number of rotatable bonds is 2. The Balaban J connectivity index is 2.22. The van der Waals surface area contributed by atoms with Gasteiger partial charge in [0.15, 0.2) is 0 Å². The van der Waals surface area contributed by atoms with Crippen molar-refractivity contribution in [2.24, 2.45) is 0 Å². The van der Waals surface area contributed by atoms with Crippen molar-refractivity contribution in [2.45, 2.75) is 38.6 Å². The second-order valence-corrected chi connectivity index (χ2v) is 3.18. The predicted molar refractivity (Wildman–Crippen MR) is 47.4 cm³/mol. The minimum atomic E-state index is -0.373. The molecule has 4 nitrogen and oxygen atoms in total. The summed E-state index contributed by atoms with van der Waals surface area (Å²) >= 11 is 0. The smallest absolute Gasteiger partial charge is 0.407 e. The summed E-state index contributed by atoms with van der Waals surface area (Å²) in [6.45, 7) is 2.15. The maximum Gasteiger partial charge on any atom is 0.407 e. The second-order valence-electron chi connectivity index (χ2n) is 3.18. The maximum atomic E-state index is 11.0. The lowest BCUT2D eigenvalue weighted by Crippen LogP contribution is -2.38. The second kappa shape index (κ2) is 4.84. The summed E-state index contributed by atoms with van der Waals surface area (Å²) in [5, 5.41) is 2.73. The molecule has 0 saturated heterocycles. The molecule has 0 radical (unpaired) electrons. The zero-order valence-corrected chi connectivity index (χ0v) is 7.84. The highest BCUT2D eigenvalue weighted by Gasteiger charge is 2.20. The zero-order chi connectivity index (χ0) is 9.68. The number of ether oxygens (including phenoxy) is 1. The number of carbonyl (C=O) groups is 2. The Kier molecular flexibility index (Phi) is 3.73. The molecule has 1 saturated carbocycles. The van der Waals surface area contributed by atoms with Crippen LogP contribution in [0, 0.1) is 0 Å². The molecule has 1 aliphatic carbocycles. The average Bonchev–Trinajstić information content (AvgIpc) is 2.09. The fourth-order valence-electron chi connectivity index (χ4n) is 1.42. The first-order valence-corrected chi connectivity index (χ1v) is 4.67. The molecule has 1 N–H and O–H groups in total. The first kappa shape index (κ1) is 10.0. The molecule has 0 atom stereocenters. The van der Waals surface area contributed by atoms with Crippen molar-refractivity contribution in [3.8, 4) is 0 Å². The molecule has 1 amide bonds. The molecule has 0 heterocycles. The van der Waals surface area contributed by atoms with Gasteiger partial charge in [-0.15, -0.1) is 0 Å². The fourth-order valence-corrected chi connectivity index (χ4v) is 1.42. The molecular weight excluding hydrogens is 170 g/mol. The van der Waals surface area contributed by atoms with Crippen LogP contribution in [0.4, 0.5) is 4.79 Å². The number of carbonyl (C=O) groups excluding carboxylic acids is 2. The minimum Gasteiger partial charge on any atom is -0.450 e. The van der Waals surface area contributed by atoms with Crippen LogP contribution in [-0.4, -0.2) is 24.5 Å². The van der Waals surface area contributed by atoms with Gasteiger partial charge in [-0.2, -0.15) is 0 Å². The van der Waals surface area contributed by atoms with Crippen molar-refractivity contribution in [3.05, 3.63) is 0 Å². The molecule has 0 aromatic heterocycles. The fraction of sp³-hybridized carbons (Fsp3) is 0.778. The van der Waals surface area contributed by atoms with E-state index in [1.54, 1.807) is 6.92 Å². The molecule has 4 heteroatoms. The Labute approximate surface area is 77.6 Å². The van der Waals surface area contributed by atoms with Gasteiger partial charge in [0.05, 0.1) is 6.61 Å². The van der Waals surface area contributed by atoms with E-state index in [4.69, 9.17) is 4.74 Å². The molecule has 1 fully saturated rings. The SMILES string of the molecule is CCOC(=O)NC1CCC(=O)CC1. The van der Waals surface area contributed by atoms with E-state index in [-0.39, 0.29) is 12.1 Å². The topological polar surface area (TPSA) is 55.4 Å². The van der Waals surface area contributed by atoms with Crippen LogP contribution >= 0.6 is 0 Å². The third-order valence-corrected chi connectivity index (χ3v) is 2.14. The van der Waals surface area contributed by atoms with Crippen molar-refractivity contribution in [1.29, 1.82) is 0 Å². The number of amides is 1. The molecule has 0 aromatic rings.